The standard InChI is InChI=1S/C16H18O2S2/c1-10-7-12(18-2)3-4-13(10)16(17)15-8-11-9-19-6-5-14(11)20-15/h3-4,7-8,16-17H,5-6,9H2,1-2H3. The SMILES string of the molecule is COc1ccc(C(O)c2cc3c(s2)CCSC3)c(C)c1. The van der Waals surface area contributed by atoms with Gasteiger partial charge in [-0.05, 0) is 54.0 Å². The number of aryl methyl sites for hydroxylation is 2. The van der Waals surface area contributed by atoms with E-state index in [1.54, 1.807) is 18.4 Å². The van der Waals surface area contributed by atoms with E-state index in [1.165, 1.54) is 16.2 Å². The molecule has 2 nitrogen and oxygen atoms in total. The Labute approximate surface area is 127 Å². The van der Waals surface area contributed by atoms with Crippen LogP contribution < -0.4 is 4.74 Å². The van der Waals surface area contributed by atoms with Gasteiger partial charge in [-0.1, -0.05) is 6.07 Å². The molecule has 1 atom stereocenters. The molecule has 3 rings (SSSR count). The molecule has 0 saturated carbocycles. The molecule has 0 saturated heterocycles. The molecule has 2 heterocycles. The normalized spacial score (nSPS) is 15.8. The fourth-order valence-corrected chi connectivity index (χ4v) is 4.92. The number of fused-ring (bicyclic) bond motifs is 1. The average molecular weight is 306 g/mol. The Kier molecular flexibility index (Phi) is 4.06. The summed E-state index contributed by atoms with van der Waals surface area (Å²) in [7, 11) is 1.66. The van der Waals surface area contributed by atoms with Gasteiger partial charge in [-0.3, -0.25) is 0 Å². The highest BCUT2D eigenvalue weighted by Gasteiger charge is 2.20. The maximum atomic E-state index is 10.6. The fraction of sp³-hybridized carbons (Fsp3) is 0.375. The molecule has 106 valence electrons. The first-order chi connectivity index (χ1) is 9.69. The molecule has 1 aliphatic heterocycles. The lowest BCUT2D eigenvalue weighted by atomic mass is 10.0. The second-order valence-electron chi connectivity index (χ2n) is 5.02. The molecule has 0 amide bonds. The molecular formula is C16H18O2S2. The summed E-state index contributed by atoms with van der Waals surface area (Å²) in [6.07, 6.45) is 0.611. The highest BCUT2D eigenvalue weighted by atomic mass is 32.2. The van der Waals surface area contributed by atoms with Crippen molar-refractivity contribution in [1.82, 2.24) is 0 Å². The first-order valence-corrected chi connectivity index (χ1v) is 8.68. The largest absolute Gasteiger partial charge is 0.497 e. The summed E-state index contributed by atoms with van der Waals surface area (Å²) in [6, 6.07) is 8.03. The lowest BCUT2D eigenvalue weighted by Gasteiger charge is -2.13. The third kappa shape index (κ3) is 2.60. The minimum absolute atomic E-state index is 0.526. The van der Waals surface area contributed by atoms with E-state index in [4.69, 9.17) is 4.74 Å². The van der Waals surface area contributed by atoms with Gasteiger partial charge < -0.3 is 9.84 Å². The number of aliphatic hydroxyl groups is 1. The fourth-order valence-electron chi connectivity index (χ4n) is 2.54. The van der Waals surface area contributed by atoms with Crippen LogP contribution in [0.4, 0.5) is 0 Å². The molecule has 1 aromatic carbocycles. The van der Waals surface area contributed by atoms with Crippen LogP contribution in [0.3, 0.4) is 0 Å². The number of hydrogen-bond acceptors (Lipinski definition) is 4. The molecule has 0 aliphatic carbocycles. The van der Waals surface area contributed by atoms with Crippen molar-refractivity contribution in [3.05, 3.63) is 50.7 Å². The monoisotopic (exact) mass is 306 g/mol. The number of rotatable bonds is 3. The van der Waals surface area contributed by atoms with E-state index in [2.05, 4.69) is 6.07 Å². The lowest BCUT2D eigenvalue weighted by Crippen LogP contribution is -2.00. The zero-order chi connectivity index (χ0) is 14.1. The Morgan fingerprint density at radius 3 is 2.85 bits per heavy atom. The van der Waals surface area contributed by atoms with Gasteiger partial charge in [-0.15, -0.1) is 11.3 Å². The van der Waals surface area contributed by atoms with E-state index < -0.39 is 6.10 Å². The smallest absolute Gasteiger partial charge is 0.119 e. The zero-order valence-electron chi connectivity index (χ0n) is 11.7. The molecule has 0 radical (unpaired) electrons. The second kappa shape index (κ2) is 5.80. The van der Waals surface area contributed by atoms with E-state index >= 15 is 0 Å². The van der Waals surface area contributed by atoms with Crippen molar-refractivity contribution < 1.29 is 9.84 Å². The summed E-state index contributed by atoms with van der Waals surface area (Å²) < 4.78 is 5.22. The quantitative estimate of drug-likeness (QED) is 0.931. The van der Waals surface area contributed by atoms with Crippen LogP contribution in [0, 0.1) is 6.92 Å². The number of benzene rings is 1. The molecule has 1 unspecified atom stereocenters. The predicted molar refractivity (Wildman–Crippen MR) is 86.0 cm³/mol. The number of thiophene rings is 1. The second-order valence-corrected chi connectivity index (χ2v) is 7.30. The zero-order valence-corrected chi connectivity index (χ0v) is 13.3. The van der Waals surface area contributed by atoms with Crippen molar-refractivity contribution >= 4 is 23.1 Å². The number of hydrogen-bond donors (Lipinski definition) is 1. The van der Waals surface area contributed by atoms with Crippen LogP contribution in [0.25, 0.3) is 0 Å². The molecule has 0 bridgehead atoms. The Balaban J connectivity index is 1.92. The molecule has 2 aromatic rings. The van der Waals surface area contributed by atoms with Crippen LogP contribution >= 0.6 is 23.1 Å². The number of aliphatic hydroxyl groups excluding tert-OH is 1. The molecule has 1 aromatic heterocycles. The van der Waals surface area contributed by atoms with Crippen molar-refractivity contribution in [3.63, 3.8) is 0 Å². The van der Waals surface area contributed by atoms with Crippen molar-refractivity contribution in [2.75, 3.05) is 12.9 Å². The number of methoxy groups -OCH3 is 1. The Morgan fingerprint density at radius 2 is 2.15 bits per heavy atom. The first-order valence-electron chi connectivity index (χ1n) is 6.71. The van der Waals surface area contributed by atoms with Crippen molar-refractivity contribution in [3.8, 4) is 5.75 Å². The molecular weight excluding hydrogens is 288 g/mol. The van der Waals surface area contributed by atoms with E-state index in [-0.39, 0.29) is 0 Å². The van der Waals surface area contributed by atoms with Gasteiger partial charge in [0.1, 0.15) is 11.9 Å². The summed E-state index contributed by atoms with van der Waals surface area (Å²) in [5.74, 6) is 3.12. The van der Waals surface area contributed by atoms with Gasteiger partial charge in [0.25, 0.3) is 0 Å². The highest BCUT2D eigenvalue weighted by molar-refractivity contribution is 7.98. The summed E-state index contributed by atoms with van der Waals surface area (Å²) in [6.45, 7) is 2.02. The van der Waals surface area contributed by atoms with E-state index in [0.717, 1.165) is 33.9 Å². The Morgan fingerprint density at radius 1 is 1.30 bits per heavy atom. The van der Waals surface area contributed by atoms with E-state index in [0.29, 0.717) is 0 Å². The minimum Gasteiger partial charge on any atom is -0.497 e. The van der Waals surface area contributed by atoms with Gasteiger partial charge in [0.15, 0.2) is 0 Å². The van der Waals surface area contributed by atoms with Crippen LogP contribution in [0.5, 0.6) is 5.75 Å². The van der Waals surface area contributed by atoms with Crippen LogP contribution in [-0.4, -0.2) is 18.0 Å². The van der Waals surface area contributed by atoms with Crippen LogP contribution in [0.15, 0.2) is 24.3 Å². The summed E-state index contributed by atoms with van der Waals surface area (Å²) in [4.78, 5) is 2.51. The van der Waals surface area contributed by atoms with Crippen molar-refractivity contribution in [1.29, 1.82) is 0 Å². The topological polar surface area (TPSA) is 29.5 Å². The molecule has 1 aliphatic rings. The Bertz CT molecular complexity index is 595. The number of thioether (sulfide) groups is 1. The van der Waals surface area contributed by atoms with Gasteiger partial charge >= 0.3 is 0 Å². The van der Waals surface area contributed by atoms with Crippen molar-refractivity contribution in [2.24, 2.45) is 0 Å². The van der Waals surface area contributed by atoms with Gasteiger partial charge in [0.05, 0.1) is 7.11 Å². The van der Waals surface area contributed by atoms with E-state index in [1.807, 2.05) is 36.9 Å². The van der Waals surface area contributed by atoms with Gasteiger partial charge in [-0.2, -0.15) is 11.8 Å². The molecule has 0 fully saturated rings. The summed E-state index contributed by atoms with van der Waals surface area (Å²) in [5.41, 5.74) is 3.45. The third-order valence-electron chi connectivity index (χ3n) is 3.69. The first kappa shape index (κ1) is 14.0. The van der Waals surface area contributed by atoms with E-state index in [9.17, 15) is 5.11 Å². The van der Waals surface area contributed by atoms with Crippen molar-refractivity contribution in [2.45, 2.75) is 25.2 Å². The Hall–Kier alpha value is -0.970. The highest BCUT2D eigenvalue weighted by Crippen LogP contribution is 2.37. The summed E-state index contributed by atoms with van der Waals surface area (Å²) >= 11 is 3.74. The lowest BCUT2D eigenvalue weighted by molar-refractivity contribution is 0.223. The summed E-state index contributed by atoms with van der Waals surface area (Å²) in [5, 5.41) is 10.6. The maximum Gasteiger partial charge on any atom is 0.119 e. The van der Waals surface area contributed by atoms with Crippen LogP contribution in [-0.2, 0) is 12.2 Å². The van der Waals surface area contributed by atoms with Gasteiger partial charge in [0, 0.05) is 15.5 Å². The maximum absolute atomic E-state index is 10.6. The molecule has 20 heavy (non-hydrogen) atoms. The molecule has 4 heteroatoms. The molecule has 1 N–H and O–H groups in total. The van der Waals surface area contributed by atoms with Crippen LogP contribution in [0.1, 0.15) is 32.5 Å². The minimum atomic E-state index is -0.526. The third-order valence-corrected chi connectivity index (χ3v) is 5.99. The molecule has 0 spiro atoms. The average Bonchev–Trinajstić information content (AvgIpc) is 2.90. The number of ether oxygens (including phenoxy) is 1. The predicted octanol–water partition coefficient (Wildman–Crippen LogP) is 3.94. The van der Waals surface area contributed by atoms with Gasteiger partial charge in [-0.25, -0.2) is 0 Å². The van der Waals surface area contributed by atoms with Gasteiger partial charge in [0.2, 0.25) is 0 Å². The van der Waals surface area contributed by atoms with Crippen LogP contribution in [0.2, 0.25) is 0 Å².